The monoisotopic (exact) mass is 393 g/mol. The van der Waals surface area contributed by atoms with Gasteiger partial charge >= 0.3 is 0 Å². The van der Waals surface area contributed by atoms with Gasteiger partial charge in [-0.15, -0.1) is 24.0 Å². The molecule has 0 amide bonds. The van der Waals surface area contributed by atoms with Crippen LogP contribution in [0.1, 0.15) is 38.7 Å². The summed E-state index contributed by atoms with van der Waals surface area (Å²) in [7, 11) is 0. The lowest BCUT2D eigenvalue weighted by atomic mass is 10.2. The molecular weight excluding hydrogens is 368 g/mol. The highest BCUT2D eigenvalue weighted by molar-refractivity contribution is 14.0. The van der Waals surface area contributed by atoms with Crippen molar-refractivity contribution in [2.45, 2.75) is 39.7 Å². The van der Waals surface area contributed by atoms with Crippen molar-refractivity contribution >= 4 is 29.9 Å². The second-order valence-electron chi connectivity index (χ2n) is 4.42. The van der Waals surface area contributed by atoms with Crippen LogP contribution in [0, 0.1) is 5.82 Å². The summed E-state index contributed by atoms with van der Waals surface area (Å²) in [6.07, 6.45) is 3.53. The van der Waals surface area contributed by atoms with Crippen LogP contribution in [-0.2, 0) is 6.54 Å². The van der Waals surface area contributed by atoms with E-state index in [1.165, 1.54) is 18.9 Å². The molecule has 2 N–H and O–H groups in total. The van der Waals surface area contributed by atoms with Gasteiger partial charge in [0.05, 0.1) is 6.54 Å². The summed E-state index contributed by atoms with van der Waals surface area (Å²) in [5, 5.41) is 6.43. The molecule has 0 aliphatic rings. The van der Waals surface area contributed by atoms with Crippen LogP contribution in [0.15, 0.2) is 29.3 Å². The molecule has 0 atom stereocenters. The second kappa shape index (κ2) is 11.9. The fourth-order valence-electron chi connectivity index (χ4n) is 1.71. The van der Waals surface area contributed by atoms with Gasteiger partial charge in [0.25, 0.3) is 0 Å². The minimum absolute atomic E-state index is 0. The average molecular weight is 393 g/mol. The van der Waals surface area contributed by atoms with E-state index in [1.807, 2.05) is 13.0 Å². The molecule has 0 aliphatic carbocycles. The molecule has 1 rings (SSSR count). The molecule has 0 aliphatic heterocycles. The van der Waals surface area contributed by atoms with Crippen molar-refractivity contribution in [3.8, 4) is 0 Å². The molecular formula is C15H25FIN3. The third-order valence-corrected chi connectivity index (χ3v) is 2.78. The standard InChI is InChI=1S/C15H24FN3.HI/c1-3-5-8-11-18-15(17-4-2)19-12-13-9-6-7-10-14(13)16;/h6-7,9-10H,3-5,8,11-12H2,1-2H3,(H2,17,18,19);1H. The number of nitrogens with zero attached hydrogens (tertiary/aromatic N) is 1. The van der Waals surface area contributed by atoms with Gasteiger partial charge in [-0.1, -0.05) is 38.0 Å². The molecule has 0 saturated heterocycles. The zero-order valence-electron chi connectivity index (χ0n) is 12.3. The SMILES string of the molecule is CCCCCNC(=NCc1ccccc1F)NCC.I. The highest BCUT2D eigenvalue weighted by Crippen LogP contribution is 2.07. The summed E-state index contributed by atoms with van der Waals surface area (Å²) in [4.78, 5) is 4.40. The van der Waals surface area contributed by atoms with Crippen molar-refractivity contribution in [3.05, 3.63) is 35.6 Å². The van der Waals surface area contributed by atoms with Crippen LogP contribution in [0.25, 0.3) is 0 Å². The summed E-state index contributed by atoms with van der Waals surface area (Å²) in [5.41, 5.74) is 0.619. The molecule has 0 saturated carbocycles. The Morgan fingerprint density at radius 3 is 2.55 bits per heavy atom. The van der Waals surface area contributed by atoms with Crippen LogP contribution in [-0.4, -0.2) is 19.0 Å². The first-order chi connectivity index (χ1) is 9.27. The number of guanidine groups is 1. The molecule has 3 nitrogen and oxygen atoms in total. The van der Waals surface area contributed by atoms with E-state index < -0.39 is 0 Å². The zero-order valence-corrected chi connectivity index (χ0v) is 14.6. The van der Waals surface area contributed by atoms with Gasteiger partial charge in [0, 0.05) is 18.7 Å². The van der Waals surface area contributed by atoms with Crippen molar-refractivity contribution < 1.29 is 4.39 Å². The predicted molar refractivity (Wildman–Crippen MR) is 94.2 cm³/mol. The summed E-state index contributed by atoms with van der Waals surface area (Å²) in [6, 6.07) is 6.75. The van der Waals surface area contributed by atoms with E-state index in [4.69, 9.17) is 0 Å². The van der Waals surface area contributed by atoms with Crippen LogP contribution in [0.2, 0.25) is 0 Å². The van der Waals surface area contributed by atoms with E-state index >= 15 is 0 Å². The van der Waals surface area contributed by atoms with Crippen LogP contribution < -0.4 is 10.6 Å². The maximum atomic E-state index is 13.5. The molecule has 0 unspecified atom stereocenters. The Morgan fingerprint density at radius 2 is 1.90 bits per heavy atom. The first kappa shape index (κ1) is 19.1. The molecule has 0 spiro atoms. The van der Waals surface area contributed by atoms with Gasteiger partial charge in [-0.05, 0) is 19.4 Å². The molecule has 1 aromatic rings. The van der Waals surface area contributed by atoms with Crippen LogP contribution in [0.5, 0.6) is 0 Å². The van der Waals surface area contributed by atoms with Gasteiger partial charge < -0.3 is 10.6 Å². The van der Waals surface area contributed by atoms with E-state index in [-0.39, 0.29) is 29.8 Å². The number of benzene rings is 1. The van der Waals surface area contributed by atoms with Gasteiger partial charge in [0.2, 0.25) is 0 Å². The van der Waals surface area contributed by atoms with Crippen molar-refractivity contribution in [1.29, 1.82) is 0 Å². The molecule has 0 heterocycles. The Morgan fingerprint density at radius 1 is 1.15 bits per heavy atom. The Bertz CT molecular complexity index is 396. The lowest BCUT2D eigenvalue weighted by Crippen LogP contribution is -2.37. The Hall–Kier alpha value is -0.850. The van der Waals surface area contributed by atoms with Crippen LogP contribution in [0.4, 0.5) is 4.39 Å². The minimum Gasteiger partial charge on any atom is -0.357 e. The van der Waals surface area contributed by atoms with E-state index in [9.17, 15) is 4.39 Å². The molecule has 1 aromatic carbocycles. The Labute approximate surface area is 138 Å². The number of hydrogen-bond donors (Lipinski definition) is 2. The van der Waals surface area contributed by atoms with Crippen LogP contribution in [0.3, 0.4) is 0 Å². The second-order valence-corrected chi connectivity index (χ2v) is 4.42. The number of nitrogens with one attached hydrogen (secondary N) is 2. The van der Waals surface area contributed by atoms with E-state index in [0.717, 1.165) is 25.5 Å². The Kier molecular flexibility index (Phi) is 11.4. The van der Waals surface area contributed by atoms with E-state index in [2.05, 4.69) is 22.5 Å². The van der Waals surface area contributed by atoms with E-state index in [0.29, 0.717) is 12.1 Å². The van der Waals surface area contributed by atoms with Gasteiger partial charge in [-0.2, -0.15) is 0 Å². The number of aliphatic imine (C=N–C) groups is 1. The lowest BCUT2D eigenvalue weighted by Gasteiger charge is -2.11. The molecule has 20 heavy (non-hydrogen) atoms. The first-order valence-electron chi connectivity index (χ1n) is 7.03. The molecule has 0 radical (unpaired) electrons. The third kappa shape index (κ3) is 7.67. The van der Waals surface area contributed by atoms with Gasteiger partial charge in [0.15, 0.2) is 5.96 Å². The third-order valence-electron chi connectivity index (χ3n) is 2.78. The van der Waals surface area contributed by atoms with Crippen molar-refractivity contribution in [2.75, 3.05) is 13.1 Å². The number of unbranched alkanes of at least 4 members (excludes halogenated alkanes) is 2. The van der Waals surface area contributed by atoms with Crippen LogP contribution >= 0.6 is 24.0 Å². The zero-order chi connectivity index (χ0) is 13.9. The quantitative estimate of drug-likeness (QED) is 0.321. The van der Waals surface area contributed by atoms with Gasteiger partial charge in [-0.3, -0.25) is 0 Å². The summed E-state index contributed by atoms with van der Waals surface area (Å²) in [5.74, 6) is 0.551. The topological polar surface area (TPSA) is 36.4 Å². The molecule has 0 bridgehead atoms. The maximum absolute atomic E-state index is 13.5. The molecule has 114 valence electrons. The average Bonchev–Trinajstić information content (AvgIpc) is 2.42. The highest BCUT2D eigenvalue weighted by Gasteiger charge is 2.01. The predicted octanol–water partition coefficient (Wildman–Crippen LogP) is 3.69. The number of hydrogen-bond acceptors (Lipinski definition) is 1. The maximum Gasteiger partial charge on any atom is 0.191 e. The van der Waals surface area contributed by atoms with Gasteiger partial charge in [-0.25, -0.2) is 9.38 Å². The normalized spacial score (nSPS) is 10.8. The summed E-state index contributed by atoms with van der Waals surface area (Å²) >= 11 is 0. The minimum atomic E-state index is -0.201. The van der Waals surface area contributed by atoms with Gasteiger partial charge in [0.1, 0.15) is 5.82 Å². The van der Waals surface area contributed by atoms with Crippen molar-refractivity contribution in [2.24, 2.45) is 4.99 Å². The molecule has 0 aromatic heterocycles. The summed E-state index contributed by atoms with van der Waals surface area (Å²) < 4.78 is 13.5. The Balaban J connectivity index is 0.00000361. The fraction of sp³-hybridized carbons (Fsp3) is 0.533. The summed E-state index contributed by atoms with van der Waals surface area (Å²) in [6.45, 7) is 6.26. The smallest absolute Gasteiger partial charge is 0.191 e. The van der Waals surface area contributed by atoms with Crippen molar-refractivity contribution in [1.82, 2.24) is 10.6 Å². The first-order valence-corrected chi connectivity index (χ1v) is 7.03. The van der Waals surface area contributed by atoms with Crippen molar-refractivity contribution in [3.63, 3.8) is 0 Å². The number of rotatable bonds is 7. The largest absolute Gasteiger partial charge is 0.357 e. The molecule has 5 heteroatoms. The fourth-order valence-corrected chi connectivity index (χ4v) is 1.71. The lowest BCUT2D eigenvalue weighted by molar-refractivity contribution is 0.610. The number of halogens is 2. The highest BCUT2D eigenvalue weighted by atomic mass is 127. The molecule has 0 fully saturated rings. The van der Waals surface area contributed by atoms with E-state index in [1.54, 1.807) is 12.1 Å².